The molecule has 3 aromatic rings. The Labute approximate surface area is 167 Å². The van der Waals surface area contributed by atoms with Gasteiger partial charge in [0.15, 0.2) is 4.80 Å². The fourth-order valence-corrected chi connectivity index (χ4v) is 4.74. The van der Waals surface area contributed by atoms with Gasteiger partial charge in [0.25, 0.3) is 0 Å². The fourth-order valence-electron chi connectivity index (χ4n) is 3.77. The zero-order valence-electron chi connectivity index (χ0n) is 16.0. The van der Waals surface area contributed by atoms with Crippen LogP contribution in [-0.4, -0.2) is 18.8 Å². The Morgan fingerprint density at radius 1 is 1.07 bits per heavy atom. The van der Waals surface area contributed by atoms with Crippen molar-refractivity contribution in [1.82, 2.24) is 4.57 Å². The minimum atomic E-state index is -0.311. The van der Waals surface area contributed by atoms with Crippen LogP contribution in [0.5, 0.6) is 11.5 Å². The number of hydrogen-bond donors (Lipinski definition) is 0. The number of para-hydroxylation sites is 1. The van der Waals surface area contributed by atoms with Crippen LogP contribution in [0.1, 0.15) is 31.7 Å². The summed E-state index contributed by atoms with van der Waals surface area (Å²) in [6.07, 6.45) is 4.59. The minimum absolute atomic E-state index is 0.311. The van der Waals surface area contributed by atoms with Gasteiger partial charge in [-0.05, 0) is 43.2 Å². The normalized spacial score (nSPS) is 15.2. The molecular formula is C22H23FN2O2S. The number of nitrogens with zero attached hydrogens (tertiary/aromatic N) is 2. The molecule has 2 aromatic carbocycles. The van der Waals surface area contributed by atoms with Crippen LogP contribution in [0.3, 0.4) is 0 Å². The van der Waals surface area contributed by atoms with E-state index in [-0.39, 0.29) is 5.82 Å². The average molecular weight is 399 g/mol. The van der Waals surface area contributed by atoms with Crippen molar-refractivity contribution in [2.45, 2.75) is 31.7 Å². The van der Waals surface area contributed by atoms with Gasteiger partial charge in [0.05, 0.1) is 19.9 Å². The molecule has 6 heteroatoms. The molecule has 1 saturated carbocycles. The molecule has 0 spiro atoms. The predicted octanol–water partition coefficient (Wildman–Crippen LogP) is 5.72. The van der Waals surface area contributed by atoms with Gasteiger partial charge in [0.1, 0.15) is 23.0 Å². The molecule has 4 rings (SSSR count). The molecule has 1 heterocycles. The van der Waals surface area contributed by atoms with Gasteiger partial charge in [-0.15, -0.1) is 11.3 Å². The topological polar surface area (TPSA) is 35.8 Å². The zero-order valence-corrected chi connectivity index (χ0v) is 16.8. The van der Waals surface area contributed by atoms with Crippen molar-refractivity contribution < 1.29 is 13.9 Å². The summed E-state index contributed by atoms with van der Waals surface area (Å²) in [4.78, 5) is 5.47. The summed E-state index contributed by atoms with van der Waals surface area (Å²) in [5, 5.41) is 2.08. The Morgan fingerprint density at radius 3 is 2.57 bits per heavy atom. The first-order chi connectivity index (χ1) is 13.7. The maximum atomic E-state index is 14.2. The first kappa shape index (κ1) is 18.7. The quantitative estimate of drug-likeness (QED) is 0.551. The van der Waals surface area contributed by atoms with Gasteiger partial charge in [-0.25, -0.2) is 9.38 Å². The summed E-state index contributed by atoms with van der Waals surface area (Å²) in [6.45, 7) is 0. The Balaban J connectivity index is 1.92. The van der Waals surface area contributed by atoms with Gasteiger partial charge in [0, 0.05) is 17.0 Å². The van der Waals surface area contributed by atoms with Gasteiger partial charge >= 0.3 is 0 Å². The maximum absolute atomic E-state index is 14.2. The van der Waals surface area contributed by atoms with Crippen molar-refractivity contribution in [2.75, 3.05) is 14.2 Å². The Kier molecular flexibility index (Phi) is 5.48. The summed E-state index contributed by atoms with van der Waals surface area (Å²) in [5.74, 6) is 1.24. The third-order valence-electron chi connectivity index (χ3n) is 5.18. The number of hydrogen-bond acceptors (Lipinski definition) is 4. The molecule has 146 valence electrons. The Bertz CT molecular complexity index is 1040. The molecule has 0 saturated heterocycles. The van der Waals surface area contributed by atoms with E-state index in [1.165, 1.54) is 30.2 Å². The second-order valence-electron chi connectivity index (χ2n) is 6.84. The largest absolute Gasteiger partial charge is 0.497 e. The average Bonchev–Trinajstić information content (AvgIpc) is 3.38. The minimum Gasteiger partial charge on any atom is -0.497 e. The van der Waals surface area contributed by atoms with Crippen molar-refractivity contribution in [3.05, 3.63) is 58.5 Å². The highest BCUT2D eigenvalue weighted by Gasteiger charge is 2.23. The second-order valence-corrected chi connectivity index (χ2v) is 7.68. The lowest BCUT2D eigenvalue weighted by atomic mass is 10.1. The van der Waals surface area contributed by atoms with E-state index in [0.717, 1.165) is 40.4 Å². The molecule has 0 N–H and O–H groups in total. The van der Waals surface area contributed by atoms with E-state index in [2.05, 4.69) is 14.9 Å². The van der Waals surface area contributed by atoms with Crippen molar-refractivity contribution in [2.24, 2.45) is 4.99 Å². The first-order valence-corrected chi connectivity index (χ1v) is 10.3. The number of rotatable bonds is 5. The van der Waals surface area contributed by atoms with Gasteiger partial charge in [-0.3, -0.25) is 0 Å². The van der Waals surface area contributed by atoms with E-state index in [0.29, 0.717) is 11.7 Å². The standard InChI is InChI=1S/C22H23FN2O2S/c1-26-16-11-12-21(27-2)17(13-16)20-14-28-22(25(20)15-7-3-4-8-15)24-19-10-6-5-9-18(19)23/h5-6,9-15H,3-4,7-8H2,1-2H3. The maximum Gasteiger partial charge on any atom is 0.190 e. The van der Waals surface area contributed by atoms with Crippen molar-refractivity contribution in [3.63, 3.8) is 0 Å². The summed E-state index contributed by atoms with van der Waals surface area (Å²) >= 11 is 1.53. The van der Waals surface area contributed by atoms with Crippen LogP contribution >= 0.6 is 11.3 Å². The molecule has 1 fully saturated rings. The number of ether oxygens (including phenoxy) is 2. The summed E-state index contributed by atoms with van der Waals surface area (Å²) in [5.41, 5.74) is 2.35. The van der Waals surface area contributed by atoms with Gasteiger partial charge < -0.3 is 14.0 Å². The lowest BCUT2D eigenvalue weighted by Crippen LogP contribution is -2.20. The van der Waals surface area contributed by atoms with Crippen LogP contribution in [-0.2, 0) is 0 Å². The summed E-state index contributed by atoms with van der Waals surface area (Å²) < 4.78 is 27.5. The van der Waals surface area contributed by atoms with E-state index in [1.54, 1.807) is 32.4 Å². The van der Waals surface area contributed by atoms with Crippen LogP contribution in [0.15, 0.2) is 52.8 Å². The number of aromatic nitrogens is 1. The van der Waals surface area contributed by atoms with Crippen LogP contribution in [0.2, 0.25) is 0 Å². The molecule has 1 aromatic heterocycles. The summed E-state index contributed by atoms with van der Waals surface area (Å²) in [7, 11) is 3.32. The zero-order chi connectivity index (χ0) is 19.5. The lowest BCUT2D eigenvalue weighted by Gasteiger charge is -2.18. The monoisotopic (exact) mass is 398 g/mol. The molecule has 1 aliphatic rings. The molecule has 0 bridgehead atoms. The van der Waals surface area contributed by atoms with Gasteiger partial charge in [0.2, 0.25) is 0 Å². The molecule has 0 radical (unpaired) electrons. The number of benzene rings is 2. The van der Waals surface area contributed by atoms with Crippen LogP contribution in [0.4, 0.5) is 10.1 Å². The SMILES string of the molecule is COc1ccc(OC)c(-c2csc(=Nc3ccccc3F)n2C2CCCC2)c1. The number of methoxy groups -OCH3 is 2. The molecule has 0 aliphatic heterocycles. The van der Waals surface area contributed by atoms with E-state index < -0.39 is 0 Å². The highest BCUT2D eigenvalue weighted by atomic mass is 32.1. The molecule has 0 amide bonds. The van der Waals surface area contributed by atoms with Crippen molar-refractivity contribution in [3.8, 4) is 22.8 Å². The molecule has 0 unspecified atom stereocenters. The van der Waals surface area contributed by atoms with E-state index in [9.17, 15) is 4.39 Å². The Hall–Kier alpha value is -2.60. The molecule has 1 aliphatic carbocycles. The third-order valence-corrected chi connectivity index (χ3v) is 6.02. The summed E-state index contributed by atoms with van der Waals surface area (Å²) in [6, 6.07) is 12.8. The van der Waals surface area contributed by atoms with Gasteiger partial charge in [-0.2, -0.15) is 0 Å². The van der Waals surface area contributed by atoms with E-state index in [4.69, 9.17) is 9.47 Å². The third kappa shape index (κ3) is 3.56. The van der Waals surface area contributed by atoms with Gasteiger partial charge in [-0.1, -0.05) is 25.0 Å². The van der Waals surface area contributed by atoms with Crippen molar-refractivity contribution >= 4 is 17.0 Å². The smallest absolute Gasteiger partial charge is 0.190 e. The molecule has 4 nitrogen and oxygen atoms in total. The Morgan fingerprint density at radius 2 is 1.86 bits per heavy atom. The highest BCUT2D eigenvalue weighted by Crippen LogP contribution is 2.38. The highest BCUT2D eigenvalue weighted by molar-refractivity contribution is 7.07. The van der Waals surface area contributed by atoms with Crippen LogP contribution in [0, 0.1) is 5.82 Å². The molecule has 0 atom stereocenters. The van der Waals surface area contributed by atoms with E-state index in [1.807, 2.05) is 18.2 Å². The number of thiazole rings is 1. The van der Waals surface area contributed by atoms with Crippen molar-refractivity contribution in [1.29, 1.82) is 0 Å². The molecular weight excluding hydrogens is 375 g/mol. The van der Waals surface area contributed by atoms with Crippen LogP contribution < -0.4 is 14.3 Å². The second kappa shape index (κ2) is 8.19. The fraction of sp³-hybridized carbons (Fsp3) is 0.318. The first-order valence-electron chi connectivity index (χ1n) is 9.43. The van der Waals surface area contributed by atoms with Crippen LogP contribution in [0.25, 0.3) is 11.3 Å². The predicted molar refractivity (Wildman–Crippen MR) is 110 cm³/mol. The number of halogens is 1. The van der Waals surface area contributed by atoms with E-state index >= 15 is 0 Å². The molecule has 28 heavy (non-hydrogen) atoms. The lowest BCUT2D eigenvalue weighted by molar-refractivity contribution is 0.403.